The number of aryl methyl sites for hydroxylation is 1. The summed E-state index contributed by atoms with van der Waals surface area (Å²) in [6.07, 6.45) is 6.56. The molecule has 3 aromatic rings. The minimum absolute atomic E-state index is 0.00486. The third-order valence-electron chi connectivity index (χ3n) is 7.52. The van der Waals surface area contributed by atoms with Crippen molar-refractivity contribution in [2.45, 2.75) is 63.8 Å². The second-order valence-electron chi connectivity index (χ2n) is 9.61. The topological polar surface area (TPSA) is 71.2 Å². The SMILES string of the molecule is COc1ccc2[nH]c3c(c2c1)CCC[C@@H]3NC(=O)[C@@H](C)c1ccc(C[C@H]2CCCC2=O)cc1. The van der Waals surface area contributed by atoms with Gasteiger partial charge >= 0.3 is 0 Å². The Hall–Kier alpha value is -3.08. The van der Waals surface area contributed by atoms with Gasteiger partial charge in [-0.2, -0.15) is 0 Å². The third-order valence-corrected chi connectivity index (χ3v) is 7.52. The number of fused-ring (bicyclic) bond motifs is 3. The smallest absolute Gasteiger partial charge is 0.227 e. The molecule has 0 spiro atoms. The van der Waals surface area contributed by atoms with Crippen LogP contribution in [0.15, 0.2) is 42.5 Å². The quantitative estimate of drug-likeness (QED) is 0.536. The number of Topliss-reactive ketones (excluding diaryl/α,β-unsaturated/α-hetero) is 1. The number of benzene rings is 2. The number of carbonyl (C=O) groups is 2. The van der Waals surface area contributed by atoms with E-state index >= 15 is 0 Å². The van der Waals surface area contributed by atoms with Gasteiger partial charge in [0.25, 0.3) is 0 Å². The fraction of sp³-hybridized carbons (Fsp3) is 0.429. The van der Waals surface area contributed by atoms with E-state index in [1.165, 1.54) is 16.5 Å². The number of carbonyl (C=O) groups excluding carboxylic acids is 2. The Labute approximate surface area is 194 Å². The average Bonchev–Trinajstić information content (AvgIpc) is 3.42. The molecule has 2 aromatic carbocycles. The van der Waals surface area contributed by atoms with Crippen LogP contribution in [0.3, 0.4) is 0 Å². The highest BCUT2D eigenvalue weighted by atomic mass is 16.5. The van der Waals surface area contributed by atoms with Crippen molar-refractivity contribution in [1.29, 1.82) is 0 Å². The first kappa shape index (κ1) is 21.7. The molecule has 0 bridgehead atoms. The van der Waals surface area contributed by atoms with Gasteiger partial charge in [0.1, 0.15) is 11.5 Å². The molecule has 2 N–H and O–H groups in total. The number of H-pyrrole nitrogens is 1. The van der Waals surface area contributed by atoms with Gasteiger partial charge in [-0.1, -0.05) is 24.3 Å². The number of aromatic nitrogens is 1. The van der Waals surface area contributed by atoms with Crippen molar-refractivity contribution in [3.05, 3.63) is 64.8 Å². The summed E-state index contributed by atoms with van der Waals surface area (Å²) in [6.45, 7) is 1.96. The first-order chi connectivity index (χ1) is 16.0. The Kier molecular flexibility index (Phi) is 5.96. The van der Waals surface area contributed by atoms with E-state index in [9.17, 15) is 9.59 Å². The average molecular weight is 445 g/mol. The van der Waals surface area contributed by atoms with Crippen LogP contribution in [0.4, 0.5) is 0 Å². The van der Waals surface area contributed by atoms with Crippen molar-refractivity contribution < 1.29 is 14.3 Å². The lowest BCUT2D eigenvalue weighted by molar-refractivity contribution is -0.123. The van der Waals surface area contributed by atoms with Crippen molar-refractivity contribution in [1.82, 2.24) is 10.3 Å². The molecular formula is C28H32N2O3. The van der Waals surface area contributed by atoms with Gasteiger partial charge in [0.2, 0.25) is 5.91 Å². The van der Waals surface area contributed by atoms with E-state index in [0.717, 1.165) is 67.5 Å². The molecule has 0 unspecified atom stereocenters. The summed E-state index contributed by atoms with van der Waals surface area (Å²) in [5.74, 6) is 1.23. The van der Waals surface area contributed by atoms with Gasteiger partial charge in [-0.05, 0) is 80.3 Å². The highest BCUT2D eigenvalue weighted by Gasteiger charge is 2.28. The van der Waals surface area contributed by atoms with Crippen LogP contribution in [-0.2, 0) is 22.4 Å². The molecule has 1 aromatic heterocycles. The van der Waals surface area contributed by atoms with Gasteiger partial charge in [-0.25, -0.2) is 0 Å². The molecular weight excluding hydrogens is 412 g/mol. The lowest BCUT2D eigenvalue weighted by Crippen LogP contribution is -2.34. The highest BCUT2D eigenvalue weighted by molar-refractivity contribution is 5.88. The summed E-state index contributed by atoms with van der Waals surface area (Å²) < 4.78 is 5.40. The van der Waals surface area contributed by atoms with Gasteiger partial charge in [0.15, 0.2) is 0 Å². The first-order valence-corrected chi connectivity index (χ1v) is 12.1. The molecule has 1 amide bonds. The molecule has 172 valence electrons. The molecule has 2 aliphatic carbocycles. The molecule has 2 aliphatic rings. The molecule has 0 aliphatic heterocycles. The van der Waals surface area contributed by atoms with Gasteiger partial charge in [0, 0.05) is 28.9 Å². The van der Waals surface area contributed by atoms with Gasteiger partial charge in [0.05, 0.1) is 19.1 Å². The zero-order chi connectivity index (χ0) is 22.9. The largest absolute Gasteiger partial charge is 0.497 e. The number of ketones is 1. The zero-order valence-electron chi connectivity index (χ0n) is 19.4. The maximum absolute atomic E-state index is 13.2. The van der Waals surface area contributed by atoms with Crippen LogP contribution < -0.4 is 10.1 Å². The maximum Gasteiger partial charge on any atom is 0.227 e. The van der Waals surface area contributed by atoms with E-state index in [4.69, 9.17) is 4.74 Å². The van der Waals surface area contributed by atoms with Crippen molar-refractivity contribution >= 4 is 22.6 Å². The fourth-order valence-electron chi connectivity index (χ4n) is 5.49. The second-order valence-corrected chi connectivity index (χ2v) is 9.61. The number of rotatable bonds is 6. The summed E-state index contributed by atoms with van der Waals surface area (Å²) >= 11 is 0. The second kappa shape index (κ2) is 9.05. The molecule has 5 rings (SSSR count). The highest BCUT2D eigenvalue weighted by Crippen LogP contribution is 2.36. The normalized spacial score (nSPS) is 21.1. The van der Waals surface area contributed by atoms with E-state index < -0.39 is 0 Å². The van der Waals surface area contributed by atoms with E-state index in [-0.39, 0.29) is 23.8 Å². The predicted molar refractivity (Wildman–Crippen MR) is 130 cm³/mol. The number of hydrogen-bond donors (Lipinski definition) is 2. The minimum Gasteiger partial charge on any atom is -0.497 e. The van der Waals surface area contributed by atoms with Crippen LogP contribution in [0.2, 0.25) is 0 Å². The first-order valence-electron chi connectivity index (χ1n) is 12.1. The van der Waals surface area contributed by atoms with Crippen molar-refractivity contribution in [2.24, 2.45) is 5.92 Å². The van der Waals surface area contributed by atoms with E-state index in [1.807, 2.05) is 25.1 Å². The summed E-state index contributed by atoms with van der Waals surface area (Å²) in [5, 5.41) is 4.48. The Bertz CT molecular complexity index is 1180. The lowest BCUT2D eigenvalue weighted by atomic mass is 9.90. The number of amides is 1. The number of ether oxygens (including phenoxy) is 1. The molecule has 0 saturated heterocycles. The predicted octanol–water partition coefficient (Wildman–Crippen LogP) is 5.39. The Morgan fingerprint density at radius 1 is 1.12 bits per heavy atom. The number of hydrogen-bond acceptors (Lipinski definition) is 3. The summed E-state index contributed by atoms with van der Waals surface area (Å²) in [7, 11) is 1.69. The summed E-state index contributed by atoms with van der Waals surface area (Å²) in [6, 6.07) is 14.3. The third kappa shape index (κ3) is 4.29. The van der Waals surface area contributed by atoms with Crippen LogP contribution in [0.25, 0.3) is 10.9 Å². The maximum atomic E-state index is 13.2. The van der Waals surface area contributed by atoms with Crippen LogP contribution in [-0.4, -0.2) is 23.8 Å². The van der Waals surface area contributed by atoms with E-state index in [0.29, 0.717) is 5.78 Å². The Balaban J connectivity index is 1.28. The molecule has 1 heterocycles. The molecule has 1 saturated carbocycles. The molecule has 3 atom stereocenters. The Morgan fingerprint density at radius 3 is 2.64 bits per heavy atom. The summed E-state index contributed by atoms with van der Waals surface area (Å²) in [4.78, 5) is 28.7. The summed E-state index contributed by atoms with van der Waals surface area (Å²) in [5.41, 5.74) is 5.69. The number of methoxy groups -OCH3 is 1. The van der Waals surface area contributed by atoms with E-state index in [2.05, 4.69) is 34.6 Å². The van der Waals surface area contributed by atoms with Gasteiger partial charge in [-0.15, -0.1) is 0 Å². The fourth-order valence-corrected chi connectivity index (χ4v) is 5.49. The lowest BCUT2D eigenvalue weighted by Gasteiger charge is -2.25. The van der Waals surface area contributed by atoms with Crippen LogP contribution in [0, 0.1) is 5.92 Å². The zero-order valence-corrected chi connectivity index (χ0v) is 19.4. The van der Waals surface area contributed by atoms with Crippen LogP contribution in [0.5, 0.6) is 5.75 Å². The molecule has 1 fully saturated rings. The minimum atomic E-state index is -0.234. The molecule has 33 heavy (non-hydrogen) atoms. The molecule has 5 nitrogen and oxygen atoms in total. The van der Waals surface area contributed by atoms with Crippen LogP contribution in [0.1, 0.15) is 73.4 Å². The van der Waals surface area contributed by atoms with Gasteiger partial charge < -0.3 is 15.0 Å². The molecule has 0 radical (unpaired) electrons. The number of nitrogens with one attached hydrogen (secondary N) is 2. The van der Waals surface area contributed by atoms with Crippen molar-refractivity contribution in [3.8, 4) is 5.75 Å². The monoisotopic (exact) mass is 444 g/mol. The number of aromatic amines is 1. The van der Waals surface area contributed by atoms with Crippen molar-refractivity contribution in [2.75, 3.05) is 7.11 Å². The van der Waals surface area contributed by atoms with Crippen molar-refractivity contribution in [3.63, 3.8) is 0 Å². The standard InChI is InChI=1S/C28H32N2O3/c1-17(19-11-9-18(10-12-19)15-20-5-3-8-26(20)31)28(32)30-25-7-4-6-22-23-16-21(33-2)13-14-24(23)29-27(22)25/h9-14,16-17,20,25,29H,3-8,15H2,1-2H3,(H,30,32)/t17-,20+,25-/m0/s1. The Morgan fingerprint density at radius 2 is 1.91 bits per heavy atom. The molecule has 5 heteroatoms. The van der Waals surface area contributed by atoms with Gasteiger partial charge in [-0.3, -0.25) is 9.59 Å². The van der Waals surface area contributed by atoms with Crippen LogP contribution >= 0.6 is 0 Å². The van der Waals surface area contributed by atoms with E-state index in [1.54, 1.807) is 7.11 Å².